The molecule has 2 saturated heterocycles. The van der Waals surface area contributed by atoms with E-state index in [0.29, 0.717) is 19.1 Å². The average Bonchev–Trinajstić information content (AvgIpc) is 3.18. The van der Waals surface area contributed by atoms with Crippen molar-refractivity contribution in [3.05, 3.63) is 23.0 Å². The summed E-state index contributed by atoms with van der Waals surface area (Å²) in [6, 6.07) is 0. The molecule has 2 aliphatic heterocycles. The molecule has 0 radical (unpaired) electrons. The third-order valence-corrected chi connectivity index (χ3v) is 5.87. The van der Waals surface area contributed by atoms with Crippen LogP contribution in [0.15, 0.2) is 11.6 Å². The Hall–Kier alpha value is -1.44. The van der Waals surface area contributed by atoms with Gasteiger partial charge in [-0.2, -0.15) is 0 Å². The third-order valence-electron chi connectivity index (χ3n) is 5.11. The van der Waals surface area contributed by atoms with Gasteiger partial charge in [-0.1, -0.05) is 0 Å². The van der Waals surface area contributed by atoms with Gasteiger partial charge in [0, 0.05) is 37.8 Å². The Bertz CT molecular complexity index is 719. The predicted octanol–water partition coefficient (Wildman–Crippen LogP) is 1.78. The van der Waals surface area contributed by atoms with E-state index in [1.807, 2.05) is 4.90 Å². The Balaban J connectivity index is 1.44. The molecule has 2 fully saturated rings. The molecule has 2 aliphatic rings. The van der Waals surface area contributed by atoms with E-state index in [-0.39, 0.29) is 5.92 Å². The second kappa shape index (κ2) is 6.82. The Kier molecular flexibility index (Phi) is 4.56. The van der Waals surface area contributed by atoms with Crippen LogP contribution in [0.25, 0.3) is 4.96 Å². The summed E-state index contributed by atoms with van der Waals surface area (Å²) in [5.41, 5.74) is 2.36. The first-order valence-corrected chi connectivity index (χ1v) is 9.60. The minimum absolute atomic E-state index is 0.128. The number of carbonyl (C=O) groups is 1. The number of carbonyl (C=O) groups excluding carboxylic acids is 1. The van der Waals surface area contributed by atoms with Gasteiger partial charge < -0.3 is 9.64 Å². The fourth-order valence-electron chi connectivity index (χ4n) is 3.79. The monoisotopic (exact) mass is 348 g/mol. The summed E-state index contributed by atoms with van der Waals surface area (Å²) in [6.07, 6.45) is 4.19. The van der Waals surface area contributed by atoms with Crippen LogP contribution in [-0.2, 0) is 16.1 Å². The fourth-order valence-corrected chi connectivity index (χ4v) is 4.56. The molecule has 2 aromatic rings. The molecule has 1 amide bonds. The maximum Gasteiger partial charge on any atom is 0.227 e. The van der Waals surface area contributed by atoms with E-state index < -0.39 is 0 Å². The van der Waals surface area contributed by atoms with Crippen LogP contribution in [-0.4, -0.2) is 64.5 Å². The molecule has 2 aromatic heterocycles. The number of rotatable bonds is 3. The predicted molar refractivity (Wildman–Crippen MR) is 93.2 cm³/mol. The van der Waals surface area contributed by atoms with E-state index in [9.17, 15) is 4.79 Å². The number of hydrogen-bond acceptors (Lipinski definition) is 5. The van der Waals surface area contributed by atoms with Gasteiger partial charge in [-0.05, 0) is 26.3 Å². The zero-order valence-corrected chi connectivity index (χ0v) is 14.9. The molecule has 0 N–H and O–H groups in total. The van der Waals surface area contributed by atoms with Crippen LogP contribution in [0.4, 0.5) is 0 Å². The second-order valence-corrected chi connectivity index (χ2v) is 7.58. The lowest BCUT2D eigenvalue weighted by Gasteiger charge is -2.36. The van der Waals surface area contributed by atoms with Gasteiger partial charge in [0.1, 0.15) is 0 Å². The van der Waals surface area contributed by atoms with E-state index in [0.717, 1.165) is 56.2 Å². The van der Waals surface area contributed by atoms with Gasteiger partial charge in [-0.25, -0.2) is 4.98 Å². The number of imidazole rings is 1. The van der Waals surface area contributed by atoms with Crippen molar-refractivity contribution >= 4 is 22.2 Å². The first-order chi connectivity index (χ1) is 11.7. The molecular weight excluding hydrogens is 324 g/mol. The van der Waals surface area contributed by atoms with Crippen LogP contribution < -0.4 is 0 Å². The zero-order valence-electron chi connectivity index (χ0n) is 14.1. The maximum atomic E-state index is 12.8. The number of aryl methyl sites for hydroxylation is 1. The number of morpholine rings is 1. The van der Waals surface area contributed by atoms with Gasteiger partial charge in [0.05, 0.1) is 30.5 Å². The molecule has 24 heavy (non-hydrogen) atoms. The Morgan fingerprint density at radius 2 is 2.21 bits per heavy atom. The highest BCUT2D eigenvalue weighted by molar-refractivity contribution is 7.15. The SMILES string of the molecule is Cc1nc2sccn2c1CN1CCCC(C(=O)N2CCOCC2)C1. The van der Waals surface area contributed by atoms with Crippen molar-refractivity contribution in [3.8, 4) is 0 Å². The molecule has 0 aliphatic carbocycles. The number of aromatic nitrogens is 2. The number of amides is 1. The van der Waals surface area contributed by atoms with Crippen molar-refractivity contribution in [1.82, 2.24) is 19.2 Å². The van der Waals surface area contributed by atoms with Gasteiger partial charge in [0.15, 0.2) is 4.96 Å². The van der Waals surface area contributed by atoms with Gasteiger partial charge in [0.2, 0.25) is 5.91 Å². The lowest BCUT2D eigenvalue weighted by Crippen LogP contribution is -2.48. The van der Waals surface area contributed by atoms with Crippen molar-refractivity contribution in [2.45, 2.75) is 26.3 Å². The van der Waals surface area contributed by atoms with Crippen LogP contribution in [0.5, 0.6) is 0 Å². The fraction of sp³-hybridized carbons (Fsp3) is 0.647. The molecule has 4 heterocycles. The minimum atomic E-state index is 0.128. The number of thiazole rings is 1. The van der Waals surface area contributed by atoms with E-state index in [4.69, 9.17) is 4.74 Å². The highest BCUT2D eigenvalue weighted by atomic mass is 32.1. The molecule has 1 atom stereocenters. The molecule has 0 saturated carbocycles. The highest BCUT2D eigenvalue weighted by Crippen LogP contribution is 2.23. The molecule has 7 heteroatoms. The maximum absolute atomic E-state index is 12.8. The number of piperidine rings is 1. The minimum Gasteiger partial charge on any atom is -0.378 e. The van der Waals surface area contributed by atoms with E-state index in [2.05, 4.69) is 32.8 Å². The molecular formula is C17H24N4O2S. The number of fused-ring (bicyclic) bond motifs is 1. The summed E-state index contributed by atoms with van der Waals surface area (Å²) in [7, 11) is 0. The van der Waals surface area contributed by atoms with Crippen molar-refractivity contribution < 1.29 is 9.53 Å². The summed E-state index contributed by atoms with van der Waals surface area (Å²) in [5, 5.41) is 2.08. The number of likely N-dealkylation sites (tertiary alicyclic amines) is 1. The van der Waals surface area contributed by atoms with Gasteiger partial charge in [0.25, 0.3) is 0 Å². The number of hydrogen-bond donors (Lipinski definition) is 0. The van der Waals surface area contributed by atoms with Crippen molar-refractivity contribution in [2.24, 2.45) is 5.92 Å². The first-order valence-electron chi connectivity index (χ1n) is 8.72. The quantitative estimate of drug-likeness (QED) is 0.848. The lowest BCUT2D eigenvalue weighted by atomic mass is 9.96. The van der Waals surface area contributed by atoms with Crippen LogP contribution in [0.3, 0.4) is 0 Å². The molecule has 0 spiro atoms. The second-order valence-electron chi connectivity index (χ2n) is 6.71. The zero-order chi connectivity index (χ0) is 16.5. The van der Waals surface area contributed by atoms with Gasteiger partial charge in [-0.3, -0.25) is 14.1 Å². The van der Waals surface area contributed by atoms with E-state index in [1.165, 1.54) is 5.69 Å². The summed E-state index contributed by atoms with van der Waals surface area (Å²) < 4.78 is 7.55. The van der Waals surface area contributed by atoms with Crippen molar-refractivity contribution in [2.75, 3.05) is 39.4 Å². The summed E-state index contributed by atoms with van der Waals surface area (Å²) in [6.45, 7) is 7.70. The van der Waals surface area contributed by atoms with Crippen LogP contribution in [0.1, 0.15) is 24.2 Å². The number of nitrogens with zero attached hydrogens (tertiary/aromatic N) is 4. The van der Waals surface area contributed by atoms with E-state index in [1.54, 1.807) is 11.3 Å². The van der Waals surface area contributed by atoms with Gasteiger partial charge in [-0.15, -0.1) is 11.3 Å². The molecule has 6 nitrogen and oxygen atoms in total. The number of ether oxygens (including phenoxy) is 1. The summed E-state index contributed by atoms with van der Waals surface area (Å²) >= 11 is 1.67. The van der Waals surface area contributed by atoms with E-state index >= 15 is 0 Å². The Morgan fingerprint density at radius 3 is 3.04 bits per heavy atom. The van der Waals surface area contributed by atoms with Gasteiger partial charge >= 0.3 is 0 Å². The Morgan fingerprint density at radius 1 is 1.38 bits per heavy atom. The molecule has 4 rings (SSSR count). The smallest absolute Gasteiger partial charge is 0.227 e. The van der Waals surface area contributed by atoms with Crippen LogP contribution in [0, 0.1) is 12.8 Å². The van der Waals surface area contributed by atoms with Crippen molar-refractivity contribution in [3.63, 3.8) is 0 Å². The van der Waals surface area contributed by atoms with Crippen LogP contribution in [0.2, 0.25) is 0 Å². The topological polar surface area (TPSA) is 50.1 Å². The largest absolute Gasteiger partial charge is 0.378 e. The summed E-state index contributed by atoms with van der Waals surface area (Å²) in [5.74, 6) is 0.441. The third kappa shape index (κ3) is 3.08. The standard InChI is InChI=1S/C17H24N4O2S/c1-13-15(21-7-10-24-17(21)18-13)12-19-4-2-3-14(11-19)16(22)20-5-8-23-9-6-20/h7,10,14H,2-6,8-9,11-12H2,1H3. The van der Waals surface area contributed by atoms with Crippen LogP contribution >= 0.6 is 11.3 Å². The molecule has 0 bridgehead atoms. The normalized spacial score (nSPS) is 23.0. The Labute approximate surface area is 146 Å². The van der Waals surface area contributed by atoms with Crippen molar-refractivity contribution in [1.29, 1.82) is 0 Å². The lowest BCUT2D eigenvalue weighted by molar-refractivity contribution is -0.141. The summed E-state index contributed by atoms with van der Waals surface area (Å²) in [4.78, 5) is 22.9. The first kappa shape index (κ1) is 16.1. The molecule has 1 unspecified atom stereocenters. The average molecular weight is 348 g/mol. The molecule has 0 aromatic carbocycles. The molecule has 130 valence electrons. The highest BCUT2D eigenvalue weighted by Gasteiger charge is 2.30.